The Morgan fingerprint density at radius 1 is 1.48 bits per heavy atom. The Kier molecular flexibility index (Phi) is 5.43. The van der Waals surface area contributed by atoms with Gasteiger partial charge in [-0.3, -0.25) is 10.6 Å². The molecule has 0 spiro atoms. The molecule has 2 aromatic rings. The van der Waals surface area contributed by atoms with Gasteiger partial charge in [0.05, 0.1) is 5.69 Å². The second-order valence-electron chi connectivity index (χ2n) is 4.04. The van der Waals surface area contributed by atoms with E-state index in [9.17, 15) is 5.21 Å². The van der Waals surface area contributed by atoms with Crippen molar-refractivity contribution in [2.45, 2.75) is 6.61 Å². The number of hydrogen-bond donors (Lipinski definition) is 2. The van der Waals surface area contributed by atoms with Crippen molar-refractivity contribution in [2.75, 3.05) is 7.05 Å². The first-order valence-electron chi connectivity index (χ1n) is 5.94. The Labute approximate surface area is 134 Å². The van der Waals surface area contributed by atoms with Crippen LogP contribution < -0.4 is 0 Å². The van der Waals surface area contributed by atoms with Crippen LogP contribution in [0.1, 0.15) is 11.3 Å². The van der Waals surface area contributed by atoms with E-state index in [4.69, 9.17) is 10.2 Å². The number of oxime groups is 1. The second-order valence-corrected chi connectivity index (χ2v) is 6.18. The summed E-state index contributed by atoms with van der Waals surface area (Å²) in [7, 11) is 1.36. The van der Waals surface area contributed by atoms with Crippen molar-refractivity contribution in [3.63, 3.8) is 0 Å². The van der Waals surface area contributed by atoms with Crippen LogP contribution in [0.3, 0.4) is 0 Å². The molecule has 110 valence electrons. The van der Waals surface area contributed by atoms with Gasteiger partial charge in [-0.15, -0.1) is 11.3 Å². The van der Waals surface area contributed by atoms with Gasteiger partial charge in [0, 0.05) is 18.0 Å². The summed E-state index contributed by atoms with van der Waals surface area (Å²) in [5.74, 6) is -0.152. The lowest BCUT2D eigenvalue weighted by atomic mass is 10.1. The minimum atomic E-state index is -0.152. The molecule has 1 heterocycles. The van der Waals surface area contributed by atoms with Crippen LogP contribution in [0.25, 0.3) is 0 Å². The molecule has 0 aliphatic rings. The molecule has 2 rings (SSSR count). The third-order valence-electron chi connectivity index (χ3n) is 2.49. The van der Waals surface area contributed by atoms with E-state index in [2.05, 4.69) is 26.1 Å². The summed E-state index contributed by atoms with van der Waals surface area (Å²) in [5.41, 5.74) is 1.67. The maximum absolute atomic E-state index is 9.43. The topological polar surface area (TPSA) is 81.8 Å². The average Bonchev–Trinajstić information content (AvgIpc) is 2.89. The first kappa shape index (κ1) is 15.6. The lowest BCUT2D eigenvalue weighted by Gasteiger charge is -2.13. The lowest BCUT2D eigenvalue weighted by Crippen LogP contribution is -2.30. The molecule has 2 N–H and O–H groups in total. The number of halogens is 1. The molecule has 6 nitrogen and oxygen atoms in total. The number of nitrogens with one attached hydrogen (secondary N) is 1. The summed E-state index contributed by atoms with van der Waals surface area (Å²) in [6.07, 6.45) is 0. The molecule has 1 aromatic heterocycles. The third-order valence-corrected chi connectivity index (χ3v) is 3.90. The van der Waals surface area contributed by atoms with Crippen LogP contribution in [0.5, 0.6) is 0 Å². The van der Waals surface area contributed by atoms with Gasteiger partial charge < -0.3 is 4.84 Å². The molecule has 0 saturated heterocycles. The second kappa shape index (κ2) is 7.30. The van der Waals surface area contributed by atoms with E-state index < -0.39 is 0 Å². The molecule has 0 bridgehead atoms. The van der Waals surface area contributed by atoms with Crippen LogP contribution in [0.15, 0.2) is 44.8 Å². The van der Waals surface area contributed by atoms with E-state index in [1.165, 1.54) is 18.4 Å². The highest BCUT2D eigenvalue weighted by Crippen LogP contribution is 2.16. The third kappa shape index (κ3) is 4.35. The fourth-order valence-corrected chi connectivity index (χ4v) is 2.53. The maximum Gasteiger partial charge on any atom is 0.174 e. The monoisotopic (exact) mass is 368 g/mol. The van der Waals surface area contributed by atoms with Gasteiger partial charge in [-0.2, -0.15) is 0 Å². The summed E-state index contributed by atoms with van der Waals surface area (Å²) in [4.78, 5) is 9.44. The molecule has 0 aliphatic carbocycles. The Morgan fingerprint density at radius 2 is 2.19 bits per heavy atom. The van der Waals surface area contributed by atoms with E-state index in [0.717, 1.165) is 9.61 Å². The quantitative estimate of drug-likeness (QED) is 0.482. The highest BCUT2D eigenvalue weighted by molar-refractivity contribution is 9.11. The van der Waals surface area contributed by atoms with Crippen molar-refractivity contribution in [3.8, 4) is 0 Å². The number of nitrogens with zero attached hydrogens (tertiary/aromatic N) is 3. The van der Waals surface area contributed by atoms with Crippen molar-refractivity contribution in [1.29, 1.82) is 5.41 Å². The van der Waals surface area contributed by atoms with Crippen molar-refractivity contribution < 1.29 is 10.0 Å². The highest BCUT2D eigenvalue weighted by atomic mass is 79.9. The number of thiazole rings is 1. The summed E-state index contributed by atoms with van der Waals surface area (Å²) in [6, 6.07) is 9.10. The molecule has 8 heteroatoms. The first-order chi connectivity index (χ1) is 10.1. The van der Waals surface area contributed by atoms with Gasteiger partial charge in [-0.05, 0) is 15.9 Å². The summed E-state index contributed by atoms with van der Waals surface area (Å²) in [5, 5.41) is 23.8. The van der Waals surface area contributed by atoms with Crippen LogP contribution in [-0.2, 0) is 11.4 Å². The lowest BCUT2D eigenvalue weighted by molar-refractivity contribution is 0.0148. The molecule has 21 heavy (non-hydrogen) atoms. The van der Waals surface area contributed by atoms with Gasteiger partial charge in [-0.25, -0.2) is 10.0 Å². The SMILES string of the molecule is CN(O)C(=N)/C(=N/OCc1csc(Br)n1)c1ccccc1. The number of benzene rings is 1. The van der Waals surface area contributed by atoms with E-state index in [1.807, 2.05) is 23.6 Å². The normalized spacial score (nSPS) is 11.3. The van der Waals surface area contributed by atoms with Crippen LogP contribution in [0, 0.1) is 5.41 Å². The molecule has 0 aliphatic heterocycles. The molecule has 1 aromatic carbocycles. The standard InChI is InChI=1S/C13H13BrN4O2S/c1-18(19)12(15)11(9-5-3-2-4-6-9)17-20-7-10-8-21-13(14)16-10/h2-6,8,15,19H,7H2,1H3/b15-12?,17-11+. The highest BCUT2D eigenvalue weighted by Gasteiger charge is 2.14. The Bertz CT molecular complexity index is 643. The van der Waals surface area contributed by atoms with Gasteiger partial charge in [0.1, 0.15) is 0 Å². The van der Waals surface area contributed by atoms with Gasteiger partial charge in [0.2, 0.25) is 0 Å². The number of rotatable bonds is 5. The molecule has 0 amide bonds. The zero-order chi connectivity index (χ0) is 15.2. The Hall–Kier alpha value is -1.77. The van der Waals surface area contributed by atoms with E-state index in [1.54, 1.807) is 12.1 Å². The van der Waals surface area contributed by atoms with Crippen LogP contribution in [0.2, 0.25) is 0 Å². The molecule has 0 radical (unpaired) electrons. The molecule has 0 saturated carbocycles. The molecule has 0 fully saturated rings. The fourth-order valence-electron chi connectivity index (χ4n) is 1.49. The van der Waals surface area contributed by atoms with Crippen molar-refractivity contribution in [2.24, 2.45) is 5.16 Å². The first-order valence-corrected chi connectivity index (χ1v) is 7.62. The summed E-state index contributed by atoms with van der Waals surface area (Å²) >= 11 is 4.73. The van der Waals surface area contributed by atoms with Gasteiger partial charge in [-0.1, -0.05) is 35.5 Å². The molecule has 0 atom stereocenters. The summed E-state index contributed by atoms with van der Waals surface area (Å²) < 4.78 is 0.774. The molecular weight excluding hydrogens is 356 g/mol. The fraction of sp³-hybridized carbons (Fsp3) is 0.154. The number of hydroxylamine groups is 2. The number of hydrogen-bond acceptors (Lipinski definition) is 6. The van der Waals surface area contributed by atoms with Crippen LogP contribution >= 0.6 is 27.3 Å². The van der Waals surface area contributed by atoms with Crippen LogP contribution in [0.4, 0.5) is 0 Å². The predicted molar refractivity (Wildman–Crippen MR) is 84.9 cm³/mol. The van der Waals surface area contributed by atoms with Gasteiger partial charge in [0.15, 0.2) is 22.1 Å². The van der Waals surface area contributed by atoms with E-state index in [-0.39, 0.29) is 18.2 Å². The largest absolute Gasteiger partial charge is 0.389 e. The Morgan fingerprint density at radius 3 is 2.76 bits per heavy atom. The van der Waals surface area contributed by atoms with Gasteiger partial charge in [0.25, 0.3) is 0 Å². The maximum atomic E-state index is 9.43. The smallest absolute Gasteiger partial charge is 0.174 e. The number of likely N-dealkylation sites (N-methyl/N-ethyl adjacent to an activating group) is 1. The number of aromatic nitrogens is 1. The van der Waals surface area contributed by atoms with Crippen molar-refractivity contribution >= 4 is 38.8 Å². The predicted octanol–water partition coefficient (Wildman–Crippen LogP) is 3.12. The Balaban J connectivity index is 2.15. The zero-order valence-corrected chi connectivity index (χ0v) is 13.6. The summed E-state index contributed by atoms with van der Waals surface area (Å²) in [6.45, 7) is 0.195. The van der Waals surface area contributed by atoms with E-state index >= 15 is 0 Å². The molecular formula is C13H13BrN4O2S. The van der Waals surface area contributed by atoms with Crippen LogP contribution in [-0.4, -0.2) is 33.8 Å². The van der Waals surface area contributed by atoms with Gasteiger partial charge >= 0.3 is 0 Å². The minimum Gasteiger partial charge on any atom is -0.389 e. The zero-order valence-electron chi connectivity index (χ0n) is 11.2. The average molecular weight is 369 g/mol. The number of amidine groups is 1. The van der Waals surface area contributed by atoms with Crippen molar-refractivity contribution in [3.05, 3.63) is 50.9 Å². The van der Waals surface area contributed by atoms with E-state index in [0.29, 0.717) is 10.6 Å². The molecule has 0 unspecified atom stereocenters. The van der Waals surface area contributed by atoms with Crippen molar-refractivity contribution in [1.82, 2.24) is 10.0 Å². The minimum absolute atomic E-state index is 0.152.